The number of alkyl halides is 3. The molecule has 1 unspecified atom stereocenters. The average Bonchev–Trinajstić information content (AvgIpc) is 2.57. The molecule has 0 amide bonds. The molecule has 0 spiro atoms. The lowest BCUT2D eigenvalue weighted by atomic mass is 10.1. The van der Waals surface area contributed by atoms with Gasteiger partial charge in [0.2, 0.25) is 0 Å². The molecule has 2 rings (SSSR count). The van der Waals surface area contributed by atoms with Gasteiger partial charge in [0.25, 0.3) is 0 Å². The highest BCUT2D eigenvalue weighted by Crippen LogP contribution is 2.33. The number of fused-ring (bicyclic) bond motifs is 1. The first-order chi connectivity index (χ1) is 7.39. The van der Waals surface area contributed by atoms with Gasteiger partial charge in [-0.15, -0.1) is 0 Å². The molecule has 0 radical (unpaired) electrons. The van der Waals surface area contributed by atoms with E-state index in [1.54, 1.807) is 22.9 Å². The van der Waals surface area contributed by atoms with Crippen LogP contribution in [0.4, 0.5) is 13.2 Å². The van der Waals surface area contributed by atoms with E-state index in [9.17, 15) is 13.2 Å². The number of aliphatic hydroxyl groups is 1. The fourth-order valence-electron chi connectivity index (χ4n) is 1.66. The van der Waals surface area contributed by atoms with Gasteiger partial charge in [0.1, 0.15) is 0 Å². The van der Waals surface area contributed by atoms with E-state index >= 15 is 0 Å². The smallest absolute Gasteiger partial charge is 0.379 e. The van der Waals surface area contributed by atoms with E-state index in [0.717, 1.165) is 5.52 Å². The van der Waals surface area contributed by atoms with Gasteiger partial charge in [-0.05, 0) is 29.1 Å². The van der Waals surface area contributed by atoms with Crippen LogP contribution in [0.2, 0.25) is 0 Å². The highest BCUT2D eigenvalue weighted by Gasteiger charge is 2.39. The number of rotatable bonds is 1. The molecule has 1 atom stereocenters. The van der Waals surface area contributed by atoms with Crippen molar-refractivity contribution < 1.29 is 18.3 Å². The van der Waals surface area contributed by atoms with Gasteiger partial charge in [-0.1, -0.05) is 6.07 Å². The van der Waals surface area contributed by atoms with Crippen molar-refractivity contribution in [1.82, 2.24) is 4.57 Å². The molecule has 1 aromatic heterocycles. The van der Waals surface area contributed by atoms with E-state index in [0.29, 0.717) is 5.39 Å². The number of benzene rings is 1. The Morgan fingerprint density at radius 3 is 2.56 bits per heavy atom. The normalized spacial score (nSPS) is 14.3. The van der Waals surface area contributed by atoms with Crippen molar-refractivity contribution in [3.05, 3.63) is 36.0 Å². The Labute approximate surface area is 89.9 Å². The SMILES string of the molecule is Cn1ccc2cc(C(O)C(F)(F)F)ccc21. The largest absolute Gasteiger partial charge is 0.418 e. The monoisotopic (exact) mass is 229 g/mol. The number of nitrogens with zero attached hydrogens (tertiary/aromatic N) is 1. The highest BCUT2D eigenvalue weighted by atomic mass is 19.4. The maximum absolute atomic E-state index is 12.3. The first-order valence-electron chi connectivity index (χ1n) is 4.69. The van der Waals surface area contributed by atoms with E-state index in [1.165, 1.54) is 12.1 Å². The lowest BCUT2D eigenvalue weighted by Crippen LogP contribution is -2.20. The van der Waals surface area contributed by atoms with Crippen molar-refractivity contribution in [2.45, 2.75) is 12.3 Å². The molecule has 16 heavy (non-hydrogen) atoms. The lowest BCUT2D eigenvalue weighted by molar-refractivity contribution is -0.206. The second-order valence-electron chi connectivity index (χ2n) is 3.69. The molecule has 0 saturated heterocycles. The summed E-state index contributed by atoms with van der Waals surface area (Å²) in [5.74, 6) is 0. The van der Waals surface area contributed by atoms with Crippen LogP contribution in [0.1, 0.15) is 11.7 Å². The Morgan fingerprint density at radius 1 is 1.25 bits per heavy atom. The zero-order valence-electron chi connectivity index (χ0n) is 8.49. The third-order valence-electron chi connectivity index (χ3n) is 2.54. The van der Waals surface area contributed by atoms with E-state index in [2.05, 4.69) is 0 Å². The van der Waals surface area contributed by atoms with Gasteiger partial charge < -0.3 is 9.67 Å². The Hall–Kier alpha value is -1.49. The van der Waals surface area contributed by atoms with E-state index in [-0.39, 0.29) is 5.56 Å². The minimum atomic E-state index is -4.62. The second kappa shape index (κ2) is 3.52. The Kier molecular flexibility index (Phi) is 2.42. The molecule has 0 aliphatic carbocycles. The van der Waals surface area contributed by atoms with E-state index < -0.39 is 12.3 Å². The number of halogens is 3. The molecule has 5 heteroatoms. The van der Waals surface area contributed by atoms with Crippen molar-refractivity contribution in [2.24, 2.45) is 7.05 Å². The fraction of sp³-hybridized carbons (Fsp3) is 0.273. The predicted octanol–water partition coefficient (Wildman–Crippen LogP) is 2.77. The summed E-state index contributed by atoms with van der Waals surface area (Å²) in [4.78, 5) is 0. The predicted molar refractivity (Wildman–Crippen MR) is 53.9 cm³/mol. The van der Waals surface area contributed by atoms with E-state index in [4.69, 9.17) is 5.11 Å². The van der Waals surface area contributed by atoms with Gasteiger partial charge in [-0.2, -0.15) is 13.2 Å². The Balaban J connectivity index is 2.47. The molecule has 0 saturated carbocycles. The molecular formula is C11H10F3NO. The third-order valence-corrected chi connectivity index (χ3v) is 2.54. The van der Waals surface area contributed by atoms with Crippen molar-refractivity contribution in [3.63, 3.8) is 0 Å². The summed E-state index contributed by atoms with van der Waals surface area (Å²) in [6, 6.07) is 5.93. The van der Waals surface area contributed by atoms with Gasteiger partial charge in [0.05, 0.1) is 0 Å². The van der Waals surface area contributed by atoms with Crippen LogP contribution in [0.25, 0.3) is 10.9 Å². The molecule has 2 nitrogen and oxygen atoms in total. The summed E-state index contributed by atoms with van der Waals surface area (Å²) in [5, 5.41) is 9.78. The summed E-state index contributed by atoms with van der Waals surface area (Å²) >= 11 is 0. The maximum atomic E-state index is 12.3. The summed E-state index contributed by atoms with van der Waals surface area (Å²) in [6.07, 6.45) is -5.28. The van der Waals surface area contributed by atoms with Crippen LogP contribution < -0.4 is 0 Å². The molecule has 1 aromatic carbocycles. The summed E-state index contributed by atoms with van der Waals surface area (Å²) in [6.45, 7) is 0. The molecule has 0 bridgehead atoms. The van der Waals surface area contributed by atoms with Gasteiger partial charge >= 0.3 is 6.18 Å². The average molecular weight is 229 g/mol. The zero-order valence-corrected chi connectivity index (χ0v) is 8.49. The molecule has 2 aromatic rings. The molecule has 1 heterocycles. The summed E-state index contributed by atoms with van der Waals surface area (Å²) in [5.41, 5.74) is 0.698. The highest BCUT2D eigenvalue weighted by molar-refractivity contribution is 5.80. The van der Waals surface area contributed by atoms with Crippen molar-refractivity contribution in [3.8, 4) is 0 Å². The topological polar surface area (TPSA) is 25.2 Å². The van der Waals surface area contributed by atoms with Gasteiger partial charge in [-0.25, -0.2) is 0 Å². The van der Waals surface area contributed by atoms with Crippen LogP contribution in [-0.4, -0.2) is 15.8 Å². The molecule has 86 valence electrons. The lowest BCUT2D eigenvalue weighted by Gasteiger charge is -2.14. The van der Waals surface area contributed by atoms with Gasteiger partial charge in [0, 0.05) is 18.8 Å². The number of aliphatic hydroxyl groups excluding tert-OH is 1. The Morgan fingerprint density at radius 2 is 1.94 bits per heavy atom. The number of hydrogen-bond acceptors (Lipinski definition) is 1. The Bertz CT molecular complexity index is 515. The molecule has 1 N–H and O–H groups in total. The van der Waals surface area contributed by atoms with Crippen molar-refractivity contribution >= 4 is 10.9 Å². The van der Waals surface area contributed by atoms with Crippen molar-refractivity contribution in [2.75, 3.05) is 0 Å². The first kappa shape index (κ1) is 11.0. The zero-order chi connectivity index (χ0) is 11.9. The molecular weight excluding hydrogens is 219 g/mol. The van der Waals surface area contributed by atoms with Gasteiger partial charge in [-0.3, -0.25) is 0 Å². The number of hydrogen-bond donors (Lipinski definition) is 1. The van der Waals surface area contributed by atoms with Gasteiger partial charge in [0.15, 0.2) is 6.10 Å². The standard InChI is InChI=1S/C11H10F3NO/c1-15-5-4-7-6-8(2-3-9(7)15)10(16)11(12,13)14/h2-6,10,16H,1H3. The second-order valence-corrected chi connectivity index (χ2v) is 3.69. The third kappa shape index (κ3) is 1.78. The van der Waals surface area contributed by atoms with Crippen LogP contribution in [0.5, 0.6) is 0 Å². The maximum Gasteiger partial charge on any atom is 0.418 e. The minimum Gasteiger partial charge on any atom is -0.379 e. The van der Waals surface area contributed by atoms with Crippen LogP contribution in [0.15, 0.2) is 30.5 Å². The summed E-state index contributed by atoms with van der Waals surface area (Å²) < 4.78 is 38.7. The van der Waals surface area contributed by atoms with Crippen LogP contribution in [-0.2, 0) is 7.05 Å². The summed E-state index contributed by atoms with van der Waals surface area (Å²) in [7, 11) is 1.81. The number of aromatic nitrogens is 1. The van der Waals surface area contributed by atoms with Crippen LogP contribution in [0.3, 0.4) is 0 Å². The first-order valence-corrected chi connectivity index (χ1v) is 4.69. The quantitative estimate of drug-likeness (QED) is 0.799. The number of aryl methyl sites for hydroxylation is 1. The van der Waals surface area contributed by atoms with E-state index in [1.807, 2.05) is 7.05 Å². The van der Waals surface area contributed by atoms with Crippen LogP contribution >= 0.6 is 0 Å². The fourth-order valence-corrected chi connectivity index (χ4v) is 1.66. The molecule has 0 aliphatic rings. The minimum absolute atomic E-state index is 0.133. The van der Waals surface area contributed by atoms with Crippen LogP contribution in [0, 0.1) is 0 Å². The molecule has 0 aliphatic heterocycles. The molecule has 0 fully saturated rings. The van der Waals surface area contributed by atoms with Crippen molar-refractivity contribution in [1.29, 1.82) is 0 Å².